The molecule has 0 saturated carbocycles. The number of carbonyl (C=O) groups excluding carboxylic acids is 1. The highest BCUT2D eigenvalue weighted by atomic mass is 16.3. The Balaban J connectivity index is 2.26. The Morgan fingerprint density at radius 3 is 2.81 bits per heavy atom. The molecule has 0 aromatic heterocycles. The molecule has 1 aliphatic heterocycles. The molecule has 1 aliphatic rings. The highest BCUT2D eigenvalue weighted by Crippen LogP contribution is 2.27. The predicted molar refractivity (Wildman–Crippen MR) is 60.2 cm³/mol. The molecule has 1 atom stereocenters. The molecule has 16 heavy (non-hydrogen) atoms. The second-order valence-corrected chi connectivity index (χ2v) is 3.97. The lowest BCUT2D eigenvalue weighted by Crippen LogP contribution is -2.41. The van der Waals surface area contributed by atoms with Crippen LogP contribution >= 0.6 is 0 Å². The molecule has 2 rings (SSSR count). The maximum absolute atomic E-state index is 11.7. The molecule has 1 aromatic carbocycles. The van der Waals surface area contributed by atoms with Gasteiger partial charge in [0.15, 0.2) is 0 Å². The number of aliphatic hydroxyl groups is 2. The number of aryl methyl sites for hydroxylation is 1. The van der Waals surface area contributed by atoms with Crippen molar-refractivity contribution in [2.75, 3.05) is 18.1 Å². The first kappa shape index (κ1) is 11.1. The molecule has 0 spiro atoms. The van der Waals surface area contributed by atoms with Gasteiger partial charge in [-0.15, -0.1) is 0 Å². The van der Waals surface area contributed by atoms with Crippen molar-refractivity contribution < 1.29 is 15.0 Å². The normalized spacial score (nSPS) is 17.1. The van der Waals surface area contributed by atoms with E-state index in [-0.39, 0.29) is 19.1 Å². The van der Waals surface area contributed by atoms with E-state index in [1.807, 2.05) is 24.3 Å². The summed E-state index contributed by atoms with van der Waals surface area (Å²) in [6, 6.07) is 7.67. The third-order valence-corrected chi connectivity index (χ3v) is 2.80. The molecule has 86 valence electrons. The number of β-amino-alcohol motifs (C(OH)–C–C–N with tert-alkyl or cyclic N) is 1. The molecule has 0 radical (unpaired) electrons. The van der Waals surface area contributed by atoms with Gasteiger partial charge < -0.3 is 15.1 Å². The molecule has 0 bridgehead atoms. The topological polar surface area (TPSA) is 60.8 Å². The van der Waals surface area contributed by atoms with Crippen molar-refractivity contribution in [2.45, 2.75) is 18.9 Å². The standard InChI is InChI=1S/C12H15NO3/c14-8-10(15)7-13-11-4-2-1-3-9(11)5-6-12(13)16/h1-4,10,14-15H,5-8H2. The van der Waals surface area contributed by atoms with E-state index in [9.17, 15) is 9.90 Å². The second-order valence-electron chi connectivity index (χ2n) is 3.97. The number of nitrogens with zero attached hydrogens (tertiary/aromatic N) is 1. The second kappa shape index (κ2) is 4.63. The largest absolute Gasteiger partial charge is 0.394 e. The number of rotatable bonds is 3. The zero-order valence-corrected chi connectivity index (χ0v) is 8.97. The lowest BCUT2D eigenvalue weighted by Gasteiger charge is -2.30. The van der Waals surface area contributed by atoms with E-state index in [4.69, 9.17) is 5.11 Å². The molecule has 2 N–H and O–H groups in total. The Hall–Kier alpha value is -1.39. The summed E-state index contributed by atoms with van der Waals surface area (Å²) in [7, 11) is 0. The van der Waals surface area contributed by atoms with Gasteiger partial charge >= 0.3 is 0 Å². The first-order chi connectivity index (χ1) is 7.72. The molecule has 0 aliphatic carbocycles. The van der Waals surface area contributed by atoms with Crippen LogP contribution < -0.4 is 4.90 Å². The number of para-hydroxylation sites is 1. The molecule has 0 fully saturated rings. The number of benzene rings is 1. The van der Waals surface area contributed by atoms with Gasteiger partial charge in [-0.25, -0.2) is 0 Å². The SMILES string of the molecule is O=C1CCc2ccccc2N1CC(O)CO. The summed E-state index contributed by atoms with van der Waals surface area (Å²) in [4.78, 5) is 13.3. The van der Waals surface area contributed by atoms with Gasteiger partial charge in [0.1, 0.15) is 0 Å². The minimum absolute atomic E-state index is 0.00574. The number of fused-ring (bicyclic) bond motifs is 1. The van der Waals surface area contributed by atoms with Crippen molar-refractivity contribution >= 4 is 11.6 Å². The van der Waals surface area contributed by atoms with Crippen LogP contribution in [0.25, 0.3) is 0 Å². The van der Waals surface area contributed by atoms with E-state index in [0.717, 1.165) is 17.7 Å². The van der Waals surface area contributed by atoms with Gasteiger partial charge in [-0.3, -0.25) is 4.79 Å². The van der Waals surface area contributed by atoms with Crippen molar-refractivity contribution in [1.29, 1.82) is 0 Å². The van der Waals surface area contributed by atoms with Crippen molar-refractivity contribution in [3.05, 3.63) is 29.8 Å². The summed E-state index contributed by atoms with van der Waals surface area (Å²) >= 11 is 0. The van der Waals surface area contributed by atoms with E-state index in [1.165, 1.54) is 0 Å². The zero-order valence-electron chi connectivity index (χ0n) is 8.97. The Bertz CT molecular complexity index is 392. The number of aliphatic hydroxyl groups excluding tert-OH is 2. The van der Waals surface area contributed by atoms with Crippen LogP contribution in [0, 0.1) is 0 Å². The molecular weight excluding hydrogens is 206 g/mol. The van der Waals surface area contributed by atoms with Crippen LogP contribution in [0.1, 0.15) is 12.0 Å². The summed E-state index contributed by atoms with van der Waals surface area (Å²) in [5.41, 5.74) is 1.97. The summed E-state index contributed by atoms with van der Waals surface area (Å²) in [6.07, 6.45) is 0.339. The minimum Gasteiger partial charge on any atom is -0.394 e. The molecule has 4 nitrogen and oxygen atoms in total. The number of amides is 1. The fourth-order valence-electron chi connectivity index (χ4n) is 1.97. The lowest BCUT2D eigenvalue weighted by molar-refractivity contribution is -0.119. The molecule has 1 aromatic rings. The van der Waals surface area contributed by atoms with Crippen LogP contribution in [-0.4, -0.2) is 35.4 Å². The number of hydrogen-bond donors (Lipinski definition) is 2. The number of hydrogen-bond acceptors (Lipinski definition) is 3. The Morgan fingerprint density at radius 1 is 1.31 bits per heavy atom. The van der Waals surface area contributed by atoms with Crippen LogP contribution in [-0.2, 0) is 11.2 Å². The maximum Gasteiger partial charge on any atom is 0.227 e. The average molecular weight is 221 g/mol. The first-order valence-electron chi connectivity index (χ1n) is 5.39. The van der Waals surface area contributed by atoms with Crippen LogP contribution in [0.4, 0.5) is 5.69 Å². The maximum atomic E-state index is 11.7. The van der Waals surface area contributed by atoms with Gasteiger partial charge in [0.2, 0.25) is 5.91 Å². The molecule has 4 heteroatoms. The highest BCUT2D eigenvalue weighted by Gasteiger charge is 2.25. The van der Waals surface area contributed by atoms with Gasteiger partial charge in [0.05, 0.1) is 19.3 Å². The van der Waals surface area contributed by atoms with E-state index in [2.05, 4.69) is 0 Å². The van der Waals surface area contributed by atoms with Gasteiger partial charge in [-0.2, -0.15) is 0 Å². The van der Waals surface area contributed by atoms with Crippen LogP contribution in [0.2, 0.25) is 0 Å². The van der Waals surface area contributed by atoms with Gasteiger partial charge in [-0.05, 0) is 18.1 Å². The molecule has 1 unspecified atom stereocenters. The zero-order chi connectivity index (χ0) is 11.5. The molecule has 1 amide bonds. The van der Waals surface area contributed by atoms with Gasteiger partial charge in [0, 0.05) is 12.1 Å². The smallest absolute Gasteiger partial charge is 0.227 e. The highest BCUT2D eigenvalue weighted by molar-refractivity contribution is 5.96. The summed E-state index contributed by atoms with van der Waals surface area (Å²) in [6.45, 7) is -0.168. The third kappa shape index (κ3) is 2.08. The number of carbonyl (C=O) groups is 1. The van der Waals surface area contributed by atoms with E-state index >= 15 is 0 Å². The quantitative estimate of drug-likeness (QED) is 0.772. The van der Waals surface area contributed by atoms with Gasteiger partial charge in [0.25, 0.3) is 0 Å². The van der Waals surface area contributed by atoms with E-state index in [1.54, 1.807) is 4.90 Å². The number of anilines is 1. The summed E-state index contributed by atoms with van der Waals surface area (Å²) < 4.78 is 0. The Kier molecular flexibility index (Phi) is 3.22. The Morgan fingerprint density at radius 2 is 2.06 bits per heavy atom. The van der Waals surface area contributed by atoms with E-state index in [0.29, 0.717) is 6.42 Å². The van der Waals surface area contributed by atoms with Crippen LogP contribution in [0.3, 0.4) is 0 Å². The fourth-order valence-corrected chi connectivity index (χ4v) is 1.97. The molecule has 1 heterocycles. The minimum atomic E-state index is -0.880. The third-order valence-electron chi connectivity index (χ3n) is 2.80. The summed E-state index contributed by atoms with van der Waals surface area (Å²) in [5.74, 6) is 0.00574. The predicted octanol–water partition coefficient (Wildman–Crippen LogP) is 0.319. The monoisotopic (exact) mass is 221 g/mol. The van der Waals surface area contributed by atoms with Crippen LogP contribution in [0.5, 0.6) is 0 Å². The molecular formula is C12H15NO3. The summed E-state index contributed by atoms with van der Waals surface area (Å²) in [5, 5.41) is 18.2. The van der Waals surface area contributed by atoms with Crippen molar-refractivity contribution in [3.8, 4) is 0 Å². The average Bonchev–Trinajstić information content (AvgIpc) is 2.32. The Labute approximate surface area is 94.1 Å². The van der Waals surface area contributed by atoms with E-state index < -0.39 is 6.10 Å². The van der Waals surface area contributed by atoms with Crippen molar-refractivity contribution in [1.82, 2.24) is 0 Å². The van der Waals surface area contributed by atoms with Gasteiger partial charge in [-0.1, -0.05) is 18.2 Å². The lowest BCUT2D eigenvalue weighted by atomic mass is 10.0. The molecule has 0 saturated heterocycles. The van der Waals surface area contributed by atoms with Crippen molar-refractivity contribution in [3.63, 3.8) is 0 Å². The van der Waals surface area contributed by atoms with Crippen LogP contribution in [0.15, 0.2) is 24.3 Å². The van der Waals surface area contributed by atoms with Crippen molar-refractivity contribution in [2.24, 2.45) is 0 Å². The first-order valence-corrected chi connectivity index (χ1v) is 5.39. The fraction of sp³-hybridized carbons (Fsp3) is 0.417.